The van der Waals surface area contributed by atoms with Crippen molar-refractivity contribution in [1.82, 2.24) is 5.32 Å². The van der Waals surface area contributed by atoms with Crippen molar-refractivity contribution in [2.24, 2.45) is 0 Å². The van der Waals surface area contributed by atoms with E-state index in [0.717, 1.165) is 0 Å². The maximum absolute atomic E-state index is 12.5. The predicted octanol–water partition coefficient (Wildman–Crippen LogP) is 0.481. The number of aliphatic carboxylic acids is 1. The summed E-state index contributed by atoms with van der Waals surface area (Å²) in [6.45, 7) is 0.251. The molecule has 1 fully saturated rings. The summed E-state index contributed by atoms with van der Waals surface area (Å²) in [7, 11) is 1.60. The number of carboxylic acid groups (broad SMARTS) is 1. The van der Waals surface area contributed by atoms with Gasteiger partial charge in [0.05, 0.1) is 12.1 Å². The number of carbonyl (C=O) groups excluding carboxylic acids is 1. The second-order valence-electron chi connectivity index (χ2n) is 4.71. The molecule has 1 amide bonds. The normalized spacial score (nSPS) is 21.6. The van der Waals surface area contributed by atoms with Gasteiger partial charge in [-0.2, -0.15) is 0 Å². The number of rotatable bonds is 5. The van der Waals surface area contributed by atoms with Crippen LogP contribution in [-0.2, 0) is 14.3 Å². The third-order valence-electron chi connectivity index (χ3n) is 3.35. The van der Waals surface area contributed by atoms with Gasteiger partial charge in [-0.05, 0) is 18.6 Å². The minimum absolute atomic E-state index is 0.00796. The molecule has 1 saturated heterocycles. The Labute approximate surface area is 117 Å². The highest BCUT2D eigenvalue weighted by atomic mass is 16.5. The Hall–Kier alpha value is -1.92. The molecule has 2 rings (SSSR count). The summed E-state index contributed by atoms with van der Waals surface area (Å²) in [5.41, 5.74) is 0.586. The van der Waals surface area contributed by atoms with Crippen molar-refractivity contribution in [3.05, 3.63) is 30.3 Å². The number of ether oxygens (including phenoxy) is 1. The highest BCUT2D eigenvalue weighted by molar-refractivity contribution is 6.00. The van der Waals surface area contributed by atoms with Crippen molar-refractivity contribution < 1.29 is 19.4 Å². The molecule has 0 saturated carbocycles. The minimum Gasteiger partial charge on any atom is -0.480 e. The van der Waals surface area contributed by atoms with E-state index < -0.39 is 12.0 Å². The van der Waals surface area contributed by atoms with E-state index >= 15 is 0 Å². The molecule has 0 aromatic heterocycles. The fourth-order valence-electron chi connectivity index (χ4n) is 2.30. The number of hydrogen-bond acceptors (Lipinski definition) is 4. The first-order valence-electron chi connectivity index (χ1n) is 6.46. The minimum atomic E-state index is -1.04. The second kappa shape index (κ2) is 6.49. The lowest BCUT2D eigenvalue weighted by Gasteiger charge is -2.24. The first kappa shape index (κ1) is 14.5. The van der Waals surface area contributed by atoms with Gasteiger partial charge in [-0.3, -0.25) is 14.5 Å². The predicted molar refractivity (Wildman–Crippen MR) is 73.6 cm³/mol. The average Bonchev–Trinajstić information content (AvgIpc) is 2.94. The number of hydrogen-bond donors (Lipinski definition) is 2. The zero-order valence-corrected chi connectivity index (χ0v) is 11.3. The van der Waals surface area contributed by atoms with E-state index in [9.17, 15) is 9.59 Å². The topological polar surface area (TPSA) is 78.9 Å². The smallest absolute Gasteiger partial charge is 0.323 e. The number of methoxy groups -OCH3 is 1. The van der Waals surface area contributed by atoms with E-state index in [-0.39, 0.29) is 18.6 Å². The third kappa shape index (κ3) is 3.34. The summed E-state index contributed by atoms with van der Waals surface area (Å²) in [4.78, 5) is 24.8. The molecule has 1 aromatic carbocycles. The highest BCUT2D eigenvalue weighted by Crippen LogP contribution is 2.18. The van der Waals surface area contributed by atoms with Crippen LogP contribution >= 0.6 is 0 Å². The van der Waals surface area contributed by atoms with Gasteiger partial charge in [0.15, 0.2) is 0 Å². The van der Waals surface area contributed by atoms with E-state index in [1.54, 1.807) is 31.4 Å². The number of benzene rings is 1. The lowest BCUT2D eigenvalue weighted by Crippen LogP contribution is -2.46. The lowest BCUT2D eigenvalue weighted by atomic mass is 10.1. The summed E-state index contributed by atoms with van der Waals surface area (Å²) in [6.07, 6.45) is 0.546. The van der Waals surface area contributed by atoms with Gasteiger partial charge in [-0.15, -0.1) is 0 Å². The number of nitrogens with zero attached hydrogens (tertiary/aromatic N) is 1. The van der Waals surface area contributed by atoms with Crippen LogP contribution in [0.15, 0.2) is 30.3 Å². The van der Waals surface area contributed by atoms with Gasteiger partial charge in [0.1, 0.15) is 6.54 Å². The maximum atomic E-state index is 12.5. The van der Waals surface area contributed by atoms with Crippen molar-refractivity contribution in [3.8, 4) is 0 Å². The number of carbonyl (C=O) groups is 2. The van der Waals surface area contributed by atoms with Gasteiger partial charge in [0.25, 0.3) is 0 Å². The van der Waals surface area contributed by atoms with Crippen LogP contribution in [0.2, 0.25) is 0 Å². The van der Waals surface area contributed by atoms with Gasteiger partial charge in [-0.25, -0.2) is 0 Å². The zero-order valence-electron chi connectivity index (χ0n) is 11.3. The molecule has 2 unspecified atom stereocenters. The standard InChI is InChI=1S/C14H18N2O4/c1-20-11-7-12(15-8-11)14(19)16(9-13(17)18)10-5-3-2-4-6-10/h2-6,11-12,15H,7-9H2,1H3,(H,17,18). The summed E-state index contributed by atoms with van der Waals surface area (Å²) in [5, 5.41) is 12.1. The number of para-hydroxylation sites is 1. The summed E-state index contributed by atoms with van der Waals surface area (Å²) in [6, 6.07) is 8.42. The first-order valence-corrected chi connectivity index (χ1v) is 6.46. The van der Waals surface area contributed by atoms with Crippen molar-refractivity contribution >= 4 is 17.6 Å². The van der Waals surface area contributed by atoms with Gasteiger partial charge >= 0.3 is 5.97 Å². The summed E-state index contributed by atoms with van der Waals surface area (Å²) < 4.78 is 5.21. The van der Waals surface area contributed by atoms with Crippen LogP contribution in [0.3, 0.4) is 0 Å². The van der Waals surface area contributed by atoms with Crippen LogP contribution in [0.5, 0.6) is 0 Å². The largest absolute Gasteiger partial charge is 0.480 e. The third-order valence-corrected chi connectivity index (χ3v) is 3.35. The van der Waals surface area contributed by atoms with Crippen molar-refractivity contribution in [3.63, 3.8) is 0 Å². The Balaban J connectivity index is 2.15. The molecule has 2 N–H and O–H groups in total. The van der Waals surface area contributed by atoms with Crippen LogP contribution < -0.4 is 10.2 Å². The molecule has 2 atom stereocenters. The van der Waals surface area contributed by atoms with Crippen LogP contribution in [-0.4, -0.2) is 49.3 Å². The second-order valence-corrected chi connectivity index (χ2v) is 4.71. The molecule has 6 nitrogen and oxygen atoms in total. The molecule has 0 spiro atoms. The molecular weight excluding hydrogens is 260 g/mol. The Morgan fingerprint density at radius 2 is 2.10 bits per heavy atom. The van der Waals surface area contributed by atoms with Gasteiger partial charge < -0.3 is 15.2 Å². The Kier molecular flexibility index (Phi) is 4.70. The quantitative estimate of drug-likeness (QED) is 0.819. The van der Waals surface area contributed by atoms with Crippen LogP contribution in [0.1, 0.15) is 6.42 Å². The van der Waals surface area contributed by atoms with Gasteiger partial charge in [0, 0.05) is 19.3 Å². The summed E-state index contributed by atoms with van der Waals surface area (Å²) in [5.74, 6) is -1.28. The van der Waals surface area contributed by atoms with E-state index in [1.165, 1.54) is 4.90 Å². The average molecular weight is 278 g/mol. The Morgan fingerprint density at radius 3 is 2.65 bits per heavy atom. The first-order chi connectivity index (χ1) is 9.61. The Bertz CT molecular complexity index is 477. The molecule has 0 bridgehead atoms. The molecule has 0 aliphatic carbocycles. The monoisotopic (exact) mass is 278 g/mol. The zero-order chi connectivity index (χ0) is 14.5. The fourth-order valence-corrected chi connectivity index (χ4v) is 2.30. The molecular formula is C14H18N2O4. The molecule has 0 radical (unpaired) electrons. The number of carboxylic acids is 1. The van der Waals surface area contributed by atoms with Crippen molar-refractivity contribution in [1.29, 1.82) is 0 Å². The van der Waals surface area contributed by atoms with Crippen LogP contribution in [0, 0.1) is 0 Å². The number of nitrogens with one attached hydrogen (secondary N) is 1. The molecule has 1 aromatic rings. The van der Waals surface area contributed by atoms with Gasteiger partial charge in [0.2, 0.25) is 5.91 Å². The highest BCUT2D eigenvalue weighted by Gasteiger charge is 2.33. The maximum Gasteiger partial charge on any atom is 0.323 e. The van der Waals surface area contributed by atoms with E-state index in [4.69, 9.17) is 9.84 Å². The van der Waals surface area contributed by atoms with Crippen molar-refractivity contribution in [2.75, 3.05) is 25.1 Å². The van der Waals surface area contributed by atoms with E-state index in [0.29, 0.717) is 18.7 Å². The number of amides is 1. The van der Waals surface area contributed by atoms with Crippen LogP contribution in [0.25, 0.3) is 0 Å². The fraction of sp³-hybridized carbons (Fsp3) is 0.429. The Morgan fingerprint density at radius 1 is 1.40 bits per heavy atom. The lowest BCUT2D eigenvalue weighted by molar-refractivity contribution is -0.136. The van der Waals surface area contributed by atoms with Gasteiger partial charge in [-0.1, -0.05) is 18.2 Å². The van der Waals surface area contributed by atoms with E-state index in [2.05, 4.69) is 5.32 Å². The SMILES string of the molecule is COC1CNC(C(=O)N(CC(=O)O)c2ccccc2)C1. The molecule has 1 heterocycles. The molecule has 1 aliphatic heterocycles. The molecule has 6 heteroatoms. The molecule has 20 heavy (non-hydrogen) atoms. The molecule has 1 aliphatic rings. The number of anilines is 1. The molecule has 108 valence electrons. The van der Waals surface area contributed by atoms with Crippen molar-refractivity contribution in [2.45, 2.75) is 18.6 Å². The van der Waals surface area contributed by atoms with Crippen LogP contribution in [0.4, 0.5) is 5.69 Å². The summed E-state index contributed by atoms with van der Waals surface area (Å²) >= 11 is 0. The van der Waals surface area contributed by atoms with E-state index in [1.807, 2.05) is 6.07 Å².